The molecule has 1 aliphatic heterocycles. The maximum absolute atomic E-state index is 4.46. The maximum atomic E-state index is 4.46. The van der Waals surface area contributed by atoms with Crippen molar-refractivity contribution in [2.75, 3.05) is 11.4 Å². The zero-order valence-corrected chi connectivity index (χ0v) is 9.54. The van der Waals surface area contributed by atoms with Crippen LogP contribution in [0.15, 0.2) is 41.7 Å². The Morgan fingerprint density at radius 1 is 1.06 bits per heavy atom. The van der Waals surface area contributed by atoms with Crippen molar-refractivity contribution in [3.8, 4) is 0 Å². The van der Waals surface area contributed by atoms with Gasteiger partial charge in [0.25, 0.3) is 0 Å². The van der Waals surface area contributed by atoms with Crippen LogP contribution in [0.25, 0.3) is 0 Å². The van der Waals surface area contributed by atoms with E-state index in [1.54, 1.807) is 12.4 Å². The molecule has 0 unspecified atom stereocenters. The number of hydrogen-bond acceptors (Lipinski definition) is 4. The van der Waals surface area contributed by atoms with E-state index in [0.717, 1.165) is 29.4 Å². The Bertz CT molecular complexity index is 528. The van der Waals surface area contributed by atoms with Crippen molar-refractivity contribution in [1.82, 2.24) is 9.97 Å². The molecule has 0 N–H and O–H groups in total. The molecule has 0 fully saturated rings. The first-order chi connectivity index (χ1) is 8.40. The van der Waals surface area contributed by atoms with Crippen LogP contribution >= 0.6 is 0 Å². The molecule has 84 valence electrons. The van der Waals surface area contributed by atoms with Crippen LogP contribution in [0.2, 0.25) is 0 Å². The van der Waals surface area contributed by atoms with Crippen LogP contribution in [-0.2, 0) is 0 Å². The van der Waals surface area contributed by atoms with Gasteiger partial charge in [-0.05, 0) is 31.2 Å². The van der Waals surface area contributed by atoms with Crippen LogP contribution in [0.4, 0.5) is 17.3 Å². The molecule has 2 aromatic rings. The van der Waals surface area contributed by atoms with Crippen molar-refractivity contribution in [2.24, 2.45) is 4.99 Å². The summed E-state index contributed by atoms with van der Waals surface area (Å²) >= 11 is 0. The Balaban J connectivity index is 2.25. The molecule has 1 aliphatic rings. The molecule has 0 aromatic carbocycles. The number of anilines is 2. The van der Waals surface area contributed by atoms with Gasteiger partial charge in [-0.1, -0.05) is 0 Å². The fourth-order valence-corrected chi connectivity index (χ4v) is 1.97. The average molecular weight is 224 g/mol. The second-order valence-electron chi connectivity index (χ2n) is 3.76. The molecule has 3 rings (SSSR count). The highest BCUT2D eigenvalue weighted by molar-refractivity contribution is 5.93. The monoisotopic (exact) mass is 224 g/mol. The minimum absolute atomic E-state index is 0.817. The molecular formula is C13H12N4. The lowest BCUT2D eigenvalue weighted by Crippen LogP contribution is -2.19. The summed E-state index contributed by atoms with van der Waals surface area (Å²) in [6.45, 7) is 2.90. The average Bonchev–Trinajstić information content (AvgIpc) is 2.55. The first-order valence-corrected chi connectivity index (χ1v) is 5.62. The first kappa shape index (κ1) is 9.96. The van der Waals surface area contributed by atoms with Crippen LogP contribution in [0.1, 0.15) is 12.5 Å². The third-order valence-electron chi connectivity index (χ3n) is 2.75. The van der Waals surface area contributed by atoms with Crippen molar-refractivity contribution < 1.29 is 0 Å². The number of fused-ring (bicyclic) bond motifs is 2. The lowest BCUT2D eigenvalue weighted by atomic mass is 10.2. The Morgan fingerprint density at radius 2 is 1.82 bits per heavy atom. The molecule has 0 amide bonds. The van der Waals surface area contributed by atoms with E-state index in [1.165, 1.54) is 0 Å². The van der Waals surface area contributed by atoms with Crippen LogP contribution < -0.4 is 4.90 Å². The van der Waals surface area contributed by atoms with Gasteiger partial charge < -0.3 is 4.90 Å². The highest BCUT2D eigenvalue weighted by Gasteiger charge is 2.18. The fourth-order valence-electron chi connectivity index (χ4n) is 1.97. The van der Waals surface area contributed by atoms with Gasteiger partial charge in [-0.25, -0.2) is 9.97 Å². The summed E-state index contributed by atoms with van der Waals surface area (Å²) in [6, 6.07) is 7.79. The van der Waals surface area contributed by atoms with Crippen LogP contribution in [0.5, 0.6) is 0 Å². The van der Waals surface area contributed by atoms with E-state index < -0.39 is 0 Å². The van der Waals surface area contributed by atoms with Gasteiger partial charge in [0.2, 0.25) is 0 Å². The molecule has 0 saturated heterocycles. The summed E-state index contributed by atoms with van der Waals surface area (Å²) in [7, 11) is 0. The number of rotatable bonds is 1. The number of nitrogens with zero attached hydrogens (tertiary/aromatic N) is 4. The molecule has 2 aromatic heterocycles. The molecule has 4 nitrogen and oxygen atoms in total. The van der Waals surface area contributed by atoms with Gasteiger partial charge in [0, 0.05) is 30.7 Å². The maximum Gasteiger partial charge on any atom is 0.160 e. The smallest absolute Gasteiger partial charge is 0.160 e. The van der Waals surface area contributed by atoms with E-state index in [1.807, 2.05) is 30.5 Å². The van der Waals surface area contributed by atoms with E-state index in [0.29, 0.717) is 0 Å². The van der Waals surface area contributed by atoms with Crippen molar-refractivity contribution in [3.63, 3.8) is 0 Å². The molecule has 0 saturated carbocycles. The zero-order valence-electron chi connectivity index (χ0n) is 9.54. The number of pyridine rings is 2. The van der Waals surface area contributed by atoms with Gasteiger partial charge in [0.05, 0.1) is 0 Å². The largest absolute Gasteiger partial charge is 0.309 e. The second kappa shape index (κ2) is 3.97. The third-order valence-corrected chi connectivity index (χ3v) is 2.75. The Kier molecular flexibility index (Phi) is 2.33. The summed E-state index contributed by atoms with van der Waals surface area (Å²) in [5.74, 6) is 1.78. The molecular weight excluding hydrogens is 212 g/mol. The quantitative estimate of drug-likeness (QED) is 0.747. The van der Waals surface area contributed by atoms with Crippen LogP contribution in [0, 0.1) is 0 Å². The predicted molar refractivity (Wildman–Crippen MR) is 68.4 cm³/mol. The first-order valence-electron chi connectivity index (χ1n) is 5.62. The summed E-state index contributed by atoms with van der Waals surface area (Å²) in [5.41, 5.74) is 1.90. The van der Waals surface area contributed by atoms with Gasteiger partial charge >= 0.3 is 0 Å². The Labute approximate surface area is 99.7 Å². The Hall–Kier alpha value is -2.23. The zero-order chi connectivity index (χ0) is 11.7. The summed E-state index contributed by atoms with van der Waals surface area (Å²) < 4.78 is 0. The standard InChI is InChI=1S/C13H12N4/c1-2-17-12-10(5-3-7-14-12)9-16-11-6-4-8-15-13(11)17/h3-9H,2H2,1H3. The highest BCUT2D eigenvalue weighted by Crippen LogP contribution is 2.34. The van der Waals surface area contributed by atoms with Gasteiger partial charge in [-0.3, -0.25) is 4.99 Å². The van der Waals surface area contributed by atoms with Crippen LogP contribution in [-0.4, -0.2) is 22.7 Å². The topological polar surface area (TPSA) is 41.4 Å². The van der Waals surface area contributed by atoms with E-state index in [4.69, 9.17) is 0 Å². The highest BCUT2D eigenvalue weighted by atomic mass is 15.2. The van der Waals surface area contributed by atoms with Crippen molar-refractivity contribution >= 4 is 23.5 Å². The van der Waals surface area contributed by atoms with Crippen molar-refractivity contribution in [2.45, 2.75) is 6.92 Å². The summed E-state index contributed by atoms with van der Waals surface area (Å²) in [4.78, 5) is 15.4. The van der Waals surface area contributed by atoms with Gasteiger partial charge in [0.1, 0.15) is 11.5 Å². The molecule has 3 heterocycles. The minimum atomic E-state index is 0.817. The third kappa shape index (κ3) is 1.58. The summed E-state index contributed by atoms with van der Waals surface area (Å²) in [6.07, 6.45) is 5.42. The van der Waals surface area contributed by atoms with Gasteiger partial charge in [-0.15, -0.1) is 0 Å². The van der Waals surface area contributed by atoms with Crippen LogP contribution in [0.3, 0.4) is 0 Å². The predicted octanol–water partition coefficient (Wildman–Crippen LogP) is 2.70. The lowest BCUT2D eigenvalue weighted by molar-refractivity contribution is 0.963. The number of aliphatic imine (C=N–C) groups is 1. The molecule has 0 bridgehead atoms. The lowest BCUT2D eigenvalue weighted by Gasteiger charge is -2.21. The number of hydrogen-bond donors (Lipinski definition) is 0. The van der Waals surface area contributed by atoms with Crippen molar-refractivity contribution in [1.29, 1.82) is 0 Å². The molecule has 0 spiro atoms. The SMILES string of the molecule is CCN1c2ncccc2C=Nc2cccnc21. The van der Waals surface area contributed by atoms with E-state index in [9.17, 15) is 0 Å². The summed E-state index contributed by atoms with van der Waals surface area (Å²) in [5, 5.41) is 0. The molecule has 4 heteroatoms. The molecule has 0 aliphatic carbocycles. The minimum Gasteiger partial charge on any atom is -0.309 e. The fraction of sp³-hybridized carbons (Fsp3) is 0.154. The molecule has 0 radical (unpaired) electrons. The van der Waals surface area contributed by atoms with E-state index in [2.05, 4.69) is 26.8 Å². The van der Waals surface area contributed by atoms with Gasteiger partial charge in [-0.2, -0.15) is 0 Å². The molecule has 17 heavy (non-hydrogen) atoms. The van der Waals surface area contributed by atoms with Gasteiger partial charge in [0.15, 0.2) is 5.82 Å². The van der Waals surface area contributed by atoms with E-state index >= 15 is 0 Å². The normalized spacial score (nSPS) is 12.9. The Morgan fingerprint density at radius 3 is 2.65 bits per heavy atom. The van der Waals surface area contributed by atoms with E-state index in [-0.39, 0.29) is 0 Å². The second-order valence-corrected chi connectivity index (χ2v) is 3.76. The van der Waals surface area contributed by atoms with Crippen molar-refractivity contribution in [3.05, 3.63) is 42.2 Å². The molecule has 0 atom stereocenters. The number of aromatic nitrogens is 2.